The van der Waals surface area contributed by atoms with E-state index < -0.39 is 0 Å². The second-order valence-corrected chi connectivity index (χ2v) is 4.71. The van der Waals surface area contributed by atoms with E-state index in [-0.39, 0.29) is 17.9 Å². The van der Waals surface area contributed by atoms with Crippen LogP contribution in [0.5, 0.6) is 5.75 Å². The summed E-state index contributed by atoms with van der Waals surface area (Å²) in [5, 5.41) is 6.03. The summed E-state index contributed by atoms with van der Waals surface area (Å²) < 4.78 is 10.5. The van der Waals surface area contributed by atoms with Crippen LogP contribution in [0.2, 0.25) is 0 Å². The Kier molecular flexibility index (Phi) is 4.39. The van der Waals surface area contributed by atoms with E-state index in [1.54, 1.807) is 7.11 Å². The minimum atomic E-state index is -0.146. The molecule has 1 aromatic rings. The summed E-state index contributed by atoms with van der Waals surface area (Å²) in [7, 11) is 3.48. The normalized spacial score (nSPS) is 22.3. The molecule has 1 aliphatic rings. The van der Waals surface area contributed by atoms with E-state index in [0.29, 0.717) is 13.2 Å². The van der Waals surface area contributed by atoms with Crippen molar-refractivity contribution in [3.05, 3.63) is 23.8 Å². The lowest BCUT2D eigenvalue weighted by molar-refractivity contribution is -0.120. The van der Waals surface area contributed by atoms with Crippen LogP contribution in [-0.4, -0.2) is 39.3 Å². The van der Waals surface area contributed by atoms with E-state index in [1.807, 2.05) is 32.2 Å². The molecule has 5 nitrogen and oxygen atoms in total. The predicted octanol–water partition coefficient (Wildman–Crippen LogP) is 1.18. The summed E-state index contributed by atoms with van der Waals surface area (Å²) in [6.07, 6.45) is 0. The van der Waals surface area contributed by atoms with Gasteiger partial charge in [0.05, 0.1) is 26.2 Å². The largest absolute Gasteiger partial charge is 0.496 e. The zero-order valence-corrected chi connectivity index (χ0v) is 11.5. The van der Waals surface area contributed by atoms with Crippen molar-refractivity contribution in [1.82, 2.24) is 5.32 Å². The third kappa shape index (κ3) is 3.05. The molecular formula is C14H20N2O3. The number of hydrogen-bond acceptors (Lipinski definition) is 4. The molecule has 1 aliphatic heterocycles. The van der Waals surface area contributed by atoms with Gasteiger partial charge in [0, 0.05) is 11.7 Å². The van der Waals surface area contributed by atoms with Gasteiger partial charge in [0.25, 0.3) is 0 Å². The number of anilines is 1. The Hall–Kier alpha value is -1.59. The van der Waals surface area contributed by atoms with E-state index >= 15 is 0 Å². The number of benzene rings is 1. The van der Waals surface area contributed by atoms with Crippen molar-refractivity contribution in [2.24, 2.45) is 5.92 Å². The van der Waals surface area contributed by atoms with Gasteiger partial charge in [0.2, 0.25) is 5.91 Å². The van der Waals surface area contributed by atoms with Gasteiger partial charge in [0.15, 0.2) is 0 Å². The molecule has 0 spiro atoms. The molecule has 5 heteroatoms. The molecule has 2 N–H and O–H groups in total. The van der Waals surface area contributed by atoms with Crippen molar-refractivity contribution < 1.29 is 14.3 Å². The van der Waals surface area contributed by atoms with Crippen LogP contribution in [0, 0.1) is 12.8 Å². The van der Waals surface area contributed by atoms with Gasteiger partial charge in [-0.3, -0.25) is 4.79 Å². The Balaban J connectivity index is 2.04. The first-order valence-corrected chi connectivity index (χ1v) is 6.36. The molecule has 0 aliphatic carbocycles. The number of nitrogens with one attached hydrogen (secondary N) is 2. The highest BCUT2D eigenvalue weighted by atomic mass is 16.5. The second kappa shape index (κ2) is 6.04. The third-order valence-corrected chi connectivity index (χ3v) is 3.45. The van der Waals surface area contributed by atoms with Gasteiger partial charge in [-0.2, -0.15) is 0 Å². The zero-order chi connectivity index (χ0) is 13.8. The number of carbonyl (C=O) groups excluding carboxylic acids is 1. The van der Waals surface area contributed by atoms with Crippen LogP contribution < -0.4 is 15.4 Å². The van der Waals surface area contributed by atoms with Crippen LogP contribution in [0.15, 0.2) is 18.2 Å². The van der Waals surface area contributed by atoms with E-state index in [9.17, 15) is 4.79 Å². The summed E-state index contributed by atoms with van der Waals surface area (Å²) >= 11 is 0. The van der Waals surface area contributed by atoms with Crippen molar-refractivity contribution in [1.29, 1.82) is 0 Å². The molecule has 0 bridgehead atoms. The number of aryl methyl sites for hydroxylation is 1. The van der Waals surface area contributed by atoms with E-state index in [1.165, 1.54) is 0 Å². The fraction of sp³-hybridized carbons (Fsp3) is 0.500. The topological polar surface area (TPSA) is 59.6 Å². The molecule has 0 saturated carbocycles. The highest BCUT2D eigenvalue weighted by Crippen LogP contribution is 2.22. The molecule has 2 atom stereocenters. The number of carbonyl (C=O) groups is 1. The summed E-state index contributed by atoms with van der Waals surface area (Å²) in [4.78, 5) is 12.2. The average Bonchev–Trinajstić information content (AvgIpc) is 2.87. The monoisotopic (exact) mass is 264 g/mol. The van der Waals surface area contributed by atoms with Gasteiger partial charge >= 0.3 is 0 Å². The maximum Gasteiger partial charge on any atom is 0.231 e. The van der Waals surface area contributed by atoms with Crippen molar-refractivity contribution in [2.75, 3.05) is 32.7 Å². The lowest BCUT2D eigenvalue weighted by Gasteiger charge is -2.17. The lowest BCUT2D eigenvalue weighted by Crippen LogP contribution is -2.39. The summed E-state index contributed by atoms with van der Waals surface area (Å²) in [6, 6.07) is 5.68. The number of rotatable bonds is 4. The fourth-order valence-electron chi connectivity index (χ4n) is 2.29. The van der Waals surface area contributed by atoms with Crippen molar-refractivity contribution in [2.45, 2.75) is 13.0 Å². The Morgan fingerprint density at radius 1 is 1.42 bits per heavy atom. The standard InChI is InChI=1S/C14H20N2O3/c1-9-6-10(4-5-13(9)18-3)16-14(17)11-7-19-8-12(11)15-2/h4-6,11-12,15H,7-8H2,1-3H3,(H,16,17). The van der Waals surface area contributed by atoms with Crippen molar-refractivity contribution in [3.63, 3.8) is 0 Å². The molecule has 19 heavy (non-hydrogen) atoms. The average molecular weight is 264 g/mol. The van der Waals surface area contributed by atoms with E-state index in [4.69, 9.17) is 9.47 Å². The van der Waals surface area contributed by atoms with Gasteiger partial charge in [0.1, 0.15) is 5.75 Å². The number of ether oxygens (including phenoxy) is 2. The smallest absolute Gasteiger partial charge is 0.231 e. The molecule has 0 radical (unpaired) electrons. The summed E-state index contributed by atoms with van der Waals surface area (Å²) in [5.41, 5.74) is 1.78. The van der Waals surface area contributed by atoms with Crippen LogP contribution in [-0.2, 0) is 9.53 Å². The zero-order valence-electron chi connectivity index (χ0n) is 11.5. The number of amides is 1. The molecular weight excluding hydrogens is 244 g/mol. The number of likely N-dealkylation sites (N-methyl/N-ethyl adjacent to an activating group) is 1. The maximum atomic E-state index is 12.2. The summed E-state index contributed by atoms with van der Waals surface area (Å²) in [5.74, 6) is 0.657. The summed E-state index contributed by atoms with van der Waals surface area (Å²) in [6.45, 7) is 2.99. The quantitative estimate of drug-likeness (QED) is 0.857. The fourth-order valence-corrected chi connectivity index (χ4v) is 2.29. The molecule has 104 valence electrons. The van der Waals surface area contributed by atoms with Gasteiger partial charge in [-0.1, -0.05) is 0 Å². The van der Waals surface area contributed by atoms with Crippen LogP contribution in [0.25, 0.3) is 0 Å². The Morgan fingerprint density at radius 2 is 2.21 bits per heavy atom. The molecule has 2 rings (SSSR count). The molecule has 1 heterocycles. The molecule has 1 aromatic carbocycles. The molecule has 0 aromatic heterocycles. The minimum Gasteiger partial charge on any atom is -0.496 e. The maximum absolute atomic E-state index is 12.2. The predicted molar refractivity (Wildman–Crippen MR) is 73.5 cm³/mol. The van der Waals surface area contributed by atoms with E-state index in [2.05, 4.69) is 10.6 Å². The highest BCUT2D eigenvalue weighted by molar-refractivity contribution is 5.93. The number of methoxy groups -OCH3 is 1. The SMILES string of the molecule is CNC1COCC1C(=O)Nc1ccc(OC)c(C)c1. The highest BCUT2D eigenvalue weighted by Gasteiger charge is 2.32. The number of hydrogen-bond donors (Lipinski definition) is 2. The van der Waals surface area contributed by atoms with Gasteiger partial charge in [-0.25, -0.2) is 0 Å². The van der Waals surface area contributed by atoms with E-state index in [0.717, 1.165) is 17.0 Å². The molecule has 1 amide bonds. The first-order valence-electron chi connectivity index (χ1n) is 6.36. The Labute approximate surface area is 113 Å². The molecule has 1 fully saturated rings. The van der Waals surface area contributed by atoms with Crippen LogP contribution in [0.1, 0.15) is 5.56 Å². The lowest BCUT2D eigenvalue weighted by atomic mass is 10.0. The molecule has 1 saturated heterocycles. The minimum absolute atomic E-state index is 0.0126. The molecule has 2 unspecified atom stereocenters. The van der Waals surface area contributed by atoms with Gasteiger partial charge < -0.3 is 20.1 Å². The van der Waals surface area contributed by atoms with Gasteiger partial charge in [-0.05, 0) is 37.7 Å². The Bertz CT molecular complexity index is 462. The first-order chi connectivity index (χ1) is 9.15. The second-order valence-electron chi connectivity index (χ2n) is 4.71. The Morgan fingerprint density at radius 3 is 2.84 bits per heavy atom. The van der Waals surface area contributed by atoms with Gasteiger partial charge in [-0.15, -0.1) is 0 Å². The van der Waals surface area contributed by atoms with Crippen molar-refractivity contribution >= 4 is 11.6 Å². The first kappa shape index (κ1) is 13.8. The third-order valence-electron chi connectivity index (χ3n) is 3.45. The van der Waals surface area contributed by atoms with Crippen LogP contribution in [0.3, 0.4) is 0 Å². The van der Waals surface area contributed by atoms with Crippen molar-refractivity contribution in [3.8, 4) is 5.75 Å². The van der Waals surface area contributed by atoms with Crippen LogP contribution in [0.4, 0.5) is 5.69 Å². The van der Waals surface area contributed by atoms with Crippen LogP contribution >= 0.6 is 0 Å².